The smallest absolute Gasteiger partial charge is 0.0645 e. The van der Waals surface area contributed by atoms with E-state index in [1.165, 1.54) is 11.4 Å². The fraction of sp³-hybridized carbons (Fsp3) is 0.667. The van der Waals surface area contributed by atoms with Crippen LogP contribution in [0, 0.1) is 0 Å². The largest absolute Gasteiger partial charge is 0.378 e. The number of aromatic nitrogens is 1. The van der Waals surface area contributed by atoms with Gasteiger partial charge in [-0.05, 0) is 25.5 Å². The number of hydrogen-bond acceptors (Lipinski definition) is 4. The van der Waals surface area contributed by atoms with Gasteiger partial charge in [-0.2, -0.15) is 0 Å². The predicted molar refractivity (Wildman–Crippen MR) is 76.6 cm³/mol. The van der Waals surface area contributed by atoms with Gasteiger partial charge in [0.25, 0.3) is 0 Å². The van der Waals surface area contributed by atoms with Gasteiger partial charge in [-0.25, -0.2) is 0 Å². The second-order valence-corrected chi connectivity index (χ2v) is 5.59. The van der Waals surface area contributed by atoms with E-state index in [2.05, 4.69) is 40.8 Å². The topological polar surface area (TPSA) is 28.6 Å². The third kappa shape index (κ3) is 2.60. The monoisotopic (exact) mass is 261 g/mol. The lowest BCUT2D eigenvalue weighted by Crippen LogP contribution is -2.59. The van der Waals surface area contributed by atoms with E-state index in [1.54, 1.807) is 0 Å². The summed E-state index contributed by atoms with van der Waals surface area (Å²) in [7, 11) is 0. The van der Waals surface area contributed by atoms with Gasteiger partial charge in [0, 0.05) is 31.4 Å². The molecule has 0 aromatic carbocycles. The van der Waals surface area contributed by atoms with E-state index in [1.807, 2.05) is 6.20 Å². The molecule has 0 bridgehead atoms. The van der Waals surface area contributed by atoms with Gasteiger partial charge < -0.3 is 9.64 Å². The Morgan fingerprint density at radius 1 is 1.32 bits per heavy atom. The number of aryl methyl sites for hydroxylation is 1. The summed E-state index contributed by atoms with van der Waals surface area (Å²) in [6.45, 7) is 9.63. The lowest BCUT2D eigenvalue weighted by Gasteiger charge is -2.46. The van der Waals surface area contributed by atoms with Crippen LogP contribution in [0.1, 0.15) is 19.5 Å². The summed E-state index contributed by atoms with van der Waals surface area (Å²) in [6, 6.07) is 5.56. The van der Waals surface area contributed by atoms with Gasteiger partial charge in [-0.3, -0.25) is 9.88 Å². The molecule has 0 saturated carbocycles. The van der Waals surface area contributed by atoms with Crippen LogP contribution in [-0.2, 0) is 11.2 Å². The SMILES string of the molecule is CCc1ccc(N2CCN(C3COC3)CC2C)cn1. The quantitative estimate of drug-likeness (QED) is 0.825. The van der Waals surface area contributed by atoms with Crippen LogP contribution in [-0.4, -0.2) is 54.8 Å². The van der Waals surface area contributed by atoms with Crippen molar-refractivity contribution in [3.63, 3.8) is 0 Å². The average molecular weight is 261 g/mol. The van der Waals surface area contributed by atoms with E-state index in [0.717, 1.165) is 39.3 Å². The van der Waals surface area contributed by atoms with Crippen LogP contribution in [0.15, 0.2) is 18.3 Å². The Morgan fingerprint density at radius 2 is 2.16 bits per heavy atom. The van der Waals surface area contributed by atoms with Crippen molar-refractivity contribution in [2.45, 2.75) is 32.4 Å². The Balaban J connectivity index is 1.65. The molecular formula is C15H23N3O. The maximum atomic E-state index is 5.30. The zero-order valence-electron chi connectivity index (χ0n) is 11.9. The molecule has 1 atom stereocenters. The zero-order valence-corrected chi connectivity index (χ0v) is 11.9. The number of rotatable bonds is 3. The Morgan fingerprint density at radius 3 is 2.68 bits per heavy atom. The maximum absolute atomic E-state index is 5.30. The Kier molecular flexibility index (Phi) is 3.71. The Labute approximate surface area is 115 Å². The minimum Gasteiger partial charge on any atom is -0.378 e. The van der Waals surface area contributed by atoms with Crippen LogP contribution in [0.4, 0.5) is 5.69 Å². The van der Waals surface area contributed by atoms with Crippen molar-refractivity contribution in [1.82, 2.24) is 9.88 Å². The first-order valence-corrected chi connectivity index (χ1v) is 7.31. The number of nitrogens with zero attached hydrogens (tertiary/aromatic N) is 3. The fourth-order valence-electron chi connectivity index (χ4n) is 2.93. The molecule has 2 fully saturated rings. The lowest BCUT2D eigenvalue weighted by atomic mass is 10.1. The van der Waals surface area contributed by atoms with Crippen LogP contribution >= 0.6 is 0 Å². The number of ether oxygens (including phenoxy) is 1. The molecule has 3 rings (SSSR count). The molecule has 2 aliphatic rings. The molecule has 19 heavy (non-hydrogen) atoms. The Bertz CT molecular complexity index is 416. The van der Waals surface area contributed by atoms with Crippen molar-refractivity contribution in [2.24, 2.45) is 0 Å². The van der Waals surface area contributed by atoms with Crippen LogP contribution in [0.2, 0.25) is 0 Å². The first-order valence-electron chi connectivity index (χ1n) is 7.31. The van der Waals surface area contributed by atoms with E-state index in [-0.39, 0.29) is 0 Å². The number of pyridine rings is 1. The number of anilines is 1. The average Bonchev–Trinajstić information content (AvgIpc) is 2.37. The second kappa shape index (κ2) is 5.47. The lowest BCUT2D eigenvalue weighted by molar-refractivity contribution is -0.0691. The number of hydrogen-bond donors (Lipinski definition) is 0. The summed E-state index contributed by atoms with van der Waals surface area (Å²) in [5.41, 5.74) is 2.43. The first kappa shape index (κ1) is 12.9. The highest BCUT2D eigenvalue weighted by atomic mass is 16.5. The molecule has 2 saturated heterocycles. The van der Waals surface area contributed by atoms with Crippen LogP contribution in [0.25, 0.3) is 0 Å². The van der Waals surface area contributed by atoms with E-state index in [4.69, 9.17) is 4.74 Å². The van der Waals surface area contributed by atoms with Gasteiger partial charge in [-0.1, -0.05) is 6.92 Å². The normalized spacial score (nSPS) is 25.4. The Hall–Kier alpha value is -1.13. The summed E-state index contributed by atoms with van der Waals surface area (Å²) >= 11 is 0. The molecule has 4 heteroatoms. The van der Waals surface area contributed by atoms with Crippen molar-refractivity contribution in [3.8, 4) is 0 Å². The van der Waals surface area contributed by atoms with Gasteiger partial charge in [0.2, 0.25) is 0 Å². The highest BCUT2D eigenvalue weighted by Crippen LogP contribution is 2.22. The molecule has 0 aliphatic carbocycles. The van der Waals surface area contributed by atoms with Gasteiger partial charge in [0.05, 0.1) is 31.1 Å². The van der Waals surface area contributed by atoms with Crippen molar-refractivity contribution in [2.75, 3.05) is 37.7 Å². The summed E-state index contributed by atoms with van der Waals surface area (Å²) < 4.78 is 5.30. The van der Waals surface area contributed by atoms with Crippen molar-refractivity contribution < 1.29 is 4.74 Å². The van der Waals surface area contributed by atoms with Gasteiger partial charge in [-0.15, -0.1) is 0 Å². The standard InChI is InChI=1S/C15H23N3O/c1-3-13-4-5-14(8-16-13)18-7-6-17(9-12(18)2)15-10-19-11-15/h4-5,8,12,15H,3,6-7,9-11H2,1-2H3. The van der Waals surface area contributed by atoms with Crippen molar-refractivity contribution in [3.05, 3.63) is 24.0 Å². The minimum atomic E-state index is 0.545. The highest BCUT2D eigenvalue weighted by molar-refractivity contribution is 5.46. The van der Waals surface area contributed by atoms with Crippen molar-refractivity contribution >= 4 is 5.69 Å². The molecule has 2 aliphatic heterocycles. The summed E-state index contributed by atoms with van der Waals surface area (Å²) in [5, 5.41) is 0. The van der Waals surface area contributed by atoms with Crippen LogP contribution in [0.5, 0.6) is 0 Å². The zero-order chi connectivity index (χ0) is 13.2. The molecule has 104 valence electrons. The molecule has 0 amide bonds. The second-order valence-electron chi connectivity index (χ2n) is 5.59. The molecule has 1 aromatic rings. The predicted octanol–water partition coefficient (Wildman–Crippen LogP) is 1.55. The van der Waals surface area contributed by atoms with E-state index in [9.17, 15) is 0 Å². The molecule has 0 radical (unpaired) electrons. The van der Waals surface area contributed by atoms with Crippen LogP contribution in [0.3, 0.4) is 0 Å². The molecule has 1 aromatic heterocycles. The molecule has 1 unspecified atom stereocenters. The van der Waals surface area contributed by atoms with Crippen molar-refractivity contribution in [1.29, 1.82) is 0 Å². The molecule has 4 nitrogen and oxygen atoms in total. The maximum Gasteiger partial charge on any atom is 0.0645 e. The molecular weight excluding hydrogens is 238 g/mol. The van der Waals surface area contributed by atoms with E-state index < -0.39 is 0 Å². The highest BCUT2D eigenvalue weighted by Gasteiger charge is 2.32. The number of piperazine rings is 1. The van der Waals surface area contributed by atoms with Gasteiger partial charge in [0.1, 0.15) is 0 Å². The van der Waals surface area contributed by atoms with E-state index in [0.29, 0.717) is 12.1 Å². The minimum absolute atomic E-state index is 0.545. The molecule has 3 heterocycles. The van der Waals surface area contributed by atoms with E-state index >= 15 is 0 Å². The summed E-state index contributed by atoms with van der Waals surface area (Å²) in [4.78, 5) is 9.56. The molecule has 0 spiro atoms. The van der Waals surface area contributed by atoms with Crippen LogP contribution < -0.4 is 4.90 Å². The van der Waals surface area contributed by atoms with Gasteiger partial charge >= 0.3 is 0 Å². The fourth-order valence-corrected chi connectivity index (χ4v) is 2.93. The third-order valence-corrected chi connectivity index (χ3v) is 4.30. The van der Waals surface area contributed by atoms with Gasteiger partial charge in [0.15, 0.2) is 0 Å². The summed E-state index contributed by atoms with van der Waals surface area (Å²) in [5.74, 6) is 0. The first-order chi connectivity index (χ1) is 9.28. The molecule has 0 N–H and O–H groups in total. The summed E-state index contributed by atoms with van der Waals surface area (Å²) in [6.07, 6.45) is 3.03. The third-order valence-electron chi connectivity index (χ3n) is 4.30.